The highest BCUT2D eigenvalue weighted by Gasteiger charge is 2.45. The summed E-state index contributed by atoms with van der Waals surface area (Å²) in [5.41, 5.74) is 0.0664. The molecule has 8 heteroatoms. The van der Waals surface area contributed by atoms with Crippen LogP contribution in [0.4, 0.5) is 0 Å². The molecule has 2 fully saturated rings. The number of esters is 1. The van der Waals surface area contributed by atoms with Crippen LogP contribution in [-0.2, 0) is 18.8 Å². The van der Waals surface area contributed by atoms with Gasteiger partial charge in [0.25, 0.3) is 0 Å². The highest BCUT2D eigenvalue weighted by Crippen LogP contribution is 2.47. The molecule has 1 aliphatic carbocycles. The lowest BCUT2D eigenvalue weighted by Crippen LogP contribution is -2.32. The van der Waals surface area contributed by atoms with Gasteiger partial charge in [0.2, 0.25) is 0 Å². The normalized spacial score (nSPS) is 25.1. The number of ether oxygens (including phenoxy) is 2. The number of rotatable bonds is 8. The number of carbonyl (C=O) groups excluding carboxylic acids is 1. The molecule has 1 saturated heterocycles. The van der Waals surface area contributed by atoms with Crippen LogP contribution < -0.4 is 9.61 Å². The molecular weight excluding hydrogens is 388 g/mol. The summed E-state index contributed by atoms with van der Waals surface area (Å²) >= 11 is 0. The Morgan fingerprint density at radius 1 is 1.21 bits per heavy atom. The number of para-hydroxylation sites is 1. The van der Waals surface area contributed by atoms with Crippen molar-refractivity contribution in [2.24, 2.45) is 5.41 Å². The van der Waals surface area contributed by atoms with Crippen LogP contribution in [0, 0.1) is 5.41 Å². The van der Waals surface area contributed by atoms with Crippen LogP contribution in [0.15, 0.2) is 30.3 Å². The highest BCUT2D eigenvalue weighted by molar-refractivity contribution is 7.45. The van der Waals surface area contributed by atoms with Crippen molar-refractivity contribution in [1.29, 1.82) is 0 Å². The summed E-state index contributed by atoms with van der Waals surface area (Å²) in [6.07, 6.45) is 9.43. The predicted octanol–water partition coefficient (Wildman–Crippen LogP) is 4.09. The number of nitrogens with one attached hydrogen (secondary N) is 1. The minimum absolute atomic E-state index is 0.0179. The van der Waals surface area contributed by atoms with Gasteiger partial charge in [0.05, 0.1) is 19.8 Å². The van der Waals surface area contributed by atoms with Crippen molar-refractivity contribution in [3.05, 3.63) is 30.3 Å². The maximum absolute atomic E-state index is 11.5. The fraction of sp³-hybridized carbons (Fsp3) is 0.667. The Hall–Kier alpha value is -1.14. The predicted molar refractivity (Wildman–Crippen MR) is 114 cm³/mol. The van der Waals surface area contributed by atoms with E-state index in [0.29, 0.717) is 12.4 Å². The number of methoxy groups -OCH3 is 1. The molecule has 1 aromatic rings. The Bertz CT molecular complexity index is 627. The molecule has 1 saturated carbocycles. The van der Waals surface area contributed by atoms with Crippen molar-refractivity contribution in [3.63, 3.8) is 0 Å². The van der Waals surface area contributed by atoms with Crippen molar-refractivity contribution in [2.45, 2.75) is 63.5 Å². The van der Waals surface area contributed by atoms with Crippen molar-refractivity contribution in [2.75, 3.05) is 20.3 Å². The molecule has 1 aliphatic heterocycles. The second kappa shape index (κ2) is 11.3. The average molecular weight is 419 g/mol. The van der Waals surface area contributed by atoms with E-state index >= 15 is 0 Å². The van der Waals surface area contributed by atoms with Crippen molar-refractivity contribution < 1.29 is 23.3 Å². The van der Waals surface area contributed by atoms with Gasteiger partial charge >= 0.3 is 14.5 Å². The Morgan fingerprint density at radius 3 is 2.59 bits per heavy atom. The van der Waals surface area contributed by atoms with Crippen molar-refractivity contribution >= 4 is 22.3 Å². The molecule has 6 nitrogen and oxygen atoms in total. The number of hydrogen-bond acceptors (Lipinski definition) is 6. The third kappa shape index (κ3) is 6.68. The first-order valence-electron chi connectivity index (χ1n) is 10.5. The highest BCUT2D eigenvalue weighted by atomic mass is 31.2. The van der Waals surface area contributed by atoms with Crippen LogP contribution in [-0.4, -0.2) is 46.2 Å². The van der Waals surface area contributed by atoms with Gasteiger partial charge in [-0.25, -0.2) is 5.09 Å². The zero-order valence-corrected chi connectivity index (χ0v) is 18.1. The molecule has 158 valence electrons. The van der Waals surface area contributed by atoms with E-state index in [0.717, 1.165) is 19.3 Å². The molecular formula is C21H31BNO5P. The van der Waals surface area contributed by atoms with E-state index < -0.39 is 8.53 Å². The SMILES string of the molecule is [B]C1OC(COP(NCC(=O)OC)Oc2ccccc2)CC12CCCCCCC2. The van der Waals surface area contributed by atoms with E-state index in [1.165, 1.54) is 39.2 Å². The molecule has 1 spiro atoms. The van der Waals surface area contributed by atoms with Gasteiger partial charge in [-0.2, -0.15) is 0 Å². The Labute approximate surface area is 176 Å². The van der Waals surface area contributed by atoms with Crippen LogP contribution in [0.5, 0.6) is 5.75 Å². The first-order chi connectivity index (χ1) is 14.1. The van der Waals surface area contributed by atoms with Gasteiger partial charge in [-0.1, -0.05) is 50.3 Å². The van der Waals surface area contributed by atoms with E-state index in [9.17, 15) is 4.79 Å². The lowest BCUT2D eigenvalue weighted by molar-refractivity contribution is -0.139. The van der Waals surface area contributed by atoms with E-state index in [2.05, 4.69) is 5.09 Å². The molecule has 1 aromatic carbocycles. The lowest BCUT2D eigenvalue weighted by atomic mass is 9.65. The zero-order chi connectivity index (χ0) is 20.5. The van der Waals surface area contributed by atoms with Gasteiger partial charge in [-0.05, 0) is 36.8 Å². The second-order valence-corrected chi connectivity index (χ2v) is 9.15. The summed E-state index contributed by atoms with van der Waals surface area (Å²) in [5.74, 6) is 0.307. The van der Waals surface area contributed by atoms with E-state index in [1.807, 2.05) is 30.3 Å². The molecule has 0 amide bonds. The Balaban J connectivity index is 1.55. The molecule has 2 aliphatic rings. The largest absolute Gasteiger partial charge is 0.468 e. The quantitative estimate of drug-likeness (QED) is 0.389. The van der Waals surface area contributed by atoms with Crippen LogP contribution in [0.25, 0.3) is 0 Å². The average Bonchev–Trinajstić information content (AvgIpc) is 3.03. The third-order valence-corrected chi connectivity index (χ3v) is 6.99. The zero-order valence-electron chi connectivity index (χ0n) is 17.2. The molecule has 29 heavy (non-hydrogen) atoms. The van der Waals surface area contributed by atoms with Crippen LogP contribution in [0.3, 0.4) is 0 Å². The molecule has 0 bridgehead atoms. The minimum atomic E-state index is -1.52. The smallest absolute Gasteiger partial charge is 0.320 e. The van der Waals surface area contributed by atoms with Crippen LogP contribution in [0.2, 0.25) is 0 Å². The van der Waals surface area contributed by atoms with Crippen molar-refractivity contribution in [1.82, 2.24) is 5.09 Å². The molecule has 3 rings (SSSR count). The summed E-state index contributed by atoms with van der Waals surface area (Å²) < 4.78 is 22.7. The van der Waals surface area contributed by atoms with E-state index in [-0.39, 0.29) is 30.0 Å². The third-order valence-electron chi connectivity index (χ3n) is 5.82. The second-order valence-electron chi connectivity index (χ2n) is 7.88. The van der Waals surface area contributed by atoms with Gasteiger partial charge < -0.3 is 18.5 Å². The first kappa shape index (κ1) is 22.5. The van der Waals surface area contributed by atoms with Gasteiger partial charge in [0, 0.05) is 6.00 Å². The van der Waals surface area contributed by atoms with Gasteiger partial charge in [0.15, 0.2) is 0 Å². The molecule has 3 atom stereocenters. The lowest BCUT2D eigenvalue weighted by Gasteiger charge is -2.34. The van der Waals surface area contributed by atoms with Crippen LogP contribution in [0.1, 0.15) is 51.4 Å². The summed E-state index contributed by atoms with van der Waals surface area (Å²) in [6.45, 7) is 0.395. The van der Waals surface area contributed by atoms with E-state index in [4.69, 9.17) is 26.4 Å². The molecule has 1 heterocycles. The molecule has 2 radical (unpaired) electrons. The standard InChI is InChI=1S/C21H31BNO5P/c1-25-19(24)15-23-29(28-17-10-6-5-7-11-17)26-16-18-14-21(20(22)27-18)12-8-3-2-4-9-13-21/h5-7,10-11,18,20,23H,2-4,8-9,12-16H2,1H3. The Morgan fingerprint density at radius 2 is 1.90 bits per heavy atom. The topological polar surface area (TPSA) is 66.0 Å². The maximum atomic E-state index is 11.5. The van der Waals surface area contributed by atoms with Gasteiger partial charge in [-0.15, -0.1) is 0 Å². The van der Waals surface area contributed by atoms with E-state index in [1.54, 1.807) is 0 Å². The monoisotopic (exact) mass is 419 g/mol. The molecule has 1 N–H and O–H groups in total. The summed E-state index contributed by atoms with van der Waals surface area (Å²) in [7, 11) is 6.26. The first-order valence-corrected chi connectivity index (χ1v) is 11.7. The number of benzene rings is 1. The van der Waals surface area contributed by atoms with Gasteiger partial charge in [-0.3, -0.25) is 4.79 Å². The summed E-state index contributed by atoms with van der Waals surface area (Å²) in [6, 6.07) is 9.16. The number of carbonyl (C=O) groups is 1. The maximum Gasteiger partial charge on any atom is 0.320 e. The Kier molecular flexibility index (Phi) is 8.79. The van der Waals surface area contributed by atoms with Crippen molar-refractivity contribution in [3.8, 4) is 5.75 Å². The minimum Gasteiger partial charge on any atom is -0.468 e. The van der Waals surface area contributed by atoms with Gasteiger partial charge in [0.1, 0.15) is 20.1 Å². The fourth-order valence-electron chi connectivity index (χ4n) is 4.20. The fourth-order valence-corrected chi connectivity index (χ4v) is 5.28. The number of hydrogen-bond donors (Lipinski definition) is 1. The summed E-state index contributed by atoms with van der Waals surface area (Å²) in [4.78, 5) is 11.5. The van der Waals surface area contributed by atoms with Crippen LogP contribution >= 0.6 is 8.53 Å². The molecule has 3 unspecified atom stereocenters. The summed E-state index contributed by atoms with van der Waals surface area (Å²) in [5, 5.41) is 3.00. The molecule has 0 aromatic heterocycles.